The second-order valence-corrected chi connectivity index (χ2v) is 7.21. The molecule has 0 aromatic heterocycles. The van der Waals surface area contributed by atoms with Crippen molar-refractivity contribution < 1.29 is 4.74 Å². The second-order valence-electron chi connectivity index (χ2n) is 7.21. The Morgan fingerprint density at radius 1 is 1.25 bits per heavy atom. The molecule has 0 aromatic rings. The first-order valence-electron chi connectivity index (χ1n) is 8.68. The van der Waals surface area contributed by atoms with Crippen LogP contribution in [0.5, 0.6) is 0 Å². The SMILES string of the molecule is CCCOC1CCCN(C2(CN)CCC(C)C(C)C2)C1. The van der Waals surface area contributed by atoms with E-state index in [0.29, 0.717) is 6.10 Å². The fourth-order valence-electron chi connectivity index (χ4n) is 4.07. The van der Waals surface area contributed by atoms with Crippen LogP contribution in [0.3, 0.4) is 0 Å². The number of nitrogens with two attached hydrogens (primary N) is 1. The van der Waals surface area contributed by atoms with Crippen molar-refractivity contribution in [2.45, 2.75) is 70.9 Å². The largest absolute Gasteiger partial charge is 0.377 e. The van der Waals surface area contributed by atoms with E-state index in [9.17, 15) is 0 Å². The van der Waals surface area contributed by atoms with Crippen molar-refractivity contribution in [1.82, 2.24) is 4.90 Å². The van der Waals surface area contributed by atoms with Crippen LogP contribution in [-0.2, 0) is 4.74 Å². The lowest BCUT2D eigenvalue weighted by atomic mass is 9.70. The Hall–Kier alpha value is -0.120. The zero-order chi connectivity index (χ0) is 14.6. The molecule has 2 N–H and O–H groups in total. The van der Waals surface area contributed by atoms with Gasteiger partial charge in [-0.2, -0.15) is 0 Å². The van der Waals surface area contributed by atoms with Gasteiger partial charge in [0.25, 0.3) is 0 Å². The number of likely N-dealkylation sites (tertiary alicyclic amines) is 1. The summed E-state index contributed by atoms with van der Waals surface area (Å²) >= 11 is 0. The Balaban J connectivity index is 1.99. The summed E-state index contributed by atoms with van der Waals surface area (Å²) in [5, 5.41) is 0. The van der Waals surface area contributed by atoms with Crippen LogP contribution in [0.15, 0.2) is 0 Å². The predicted octanol–water partition coefficient (Wildman–Crippen LogP) is 3.03. The monoisotopic (exact) mass is 282 g/mol. The Kier molecular flexibility index (Phi) is 5.88. The first-order valence-corrected chi connectivity index (χ1v) is 8.68. The topological polar surface area (TPSA) is 38.5 Å². The van der Waals surface area contributed by atoms with Crippen LogP contribution in [-0.4, -0.2) is 42.8 Å². The highest BCUT2D eigenvalue weighted by molar-refractivity contribution is 4.99. The molecular formula is C17H34N2O. The molecule has 20 heavy (non-hydrogen) atoms. The second kappa shape index (κ2) is 7.24. The van der Waals surface area contributed by atoms with E-state index in [0.717, 1.165) is 38.0 Å². The van der Waals surface area contributed by atoms with Gasteiger partial charge in [-0.3, -0.25) is 4.90 Å². The van der Waals surface area contributed by atoms with Crippen molar-refractivity contribution in [2.24, 2.45) is 17.6 Å². The maximum Gasteiger partial charge on any atom is 0.0702 e. The summed E-state index contributed by atoms with van der Waals surface area (Å²) < 4.78 is 6.01. The van der Waals surface area contributed by atoms with Crippen LogP contribution in [0.4, 0.5) is 0 Å². The molecule has 3 nitrogen and oxygen atoms in total. The van der Waals surface area contributed by atoms with E-state index >= 15 is 0 Å². The van der Waals surface area contributed by atoms with Crippen LogP contribution in [0.2, 0.25) is 0 Å². The Bertz CT molecular complexity index is 297. The number of piperidine rings is 1. The normalized spacial score (nSPS) is 39.9. The maximum absolute atomic E-state index is 6.24. The summed E-state index contributed by atoms with van der Waals surface area (Å²) in [6.45, 7) is 11.0. The molecule has 4 unspecified atom stereocenters. The minimum atomic E-state index is 0.250. The van der Waals surface area contributed by atoms with E-state index in [1.54, 1.807) is 0 Å². The van der Waals surface area contributed by atoms with E-state index in [2.05, 4.69) is 25.7 Å². The number of hydrogen-bond donors (Lipinski definition) is 1. The van der Waals surface area contributed by atoms with Gasteiger partial charge in [0.15, 0.2) is 0 Å². The van der Waals surface area contributed by atoms with Crippen molar-refractivity contribution in [2.75, 3.05) is 26.2 Å². The molecule has 2 rings (SSSR count). The smallest absolute Gasteiger partial charge is 0.0702 e. The Morgan fingerprint density at radius 2 is 2.05 bits per heavy atom. The molecule has 1 saturated heterocycles. The number of nitrogens with zero attached hydrogens (tertiary/aromatic N) is 1. The molecule has 1 aliphatic heterocycles. The fraction of sp³-hybridized carbons (Fsp3) is 1.00. The quantitative estimate of drug-likeness (QED) is 0.842. The zero-order valence-electron chi connectivity index (χ0n) is 13.7. The van der Waals surface area contributed by atoms with Gasteiger partial charge < -0.3 is 10.5 Å². The van der Waals surface area contributed by atoms with Crippen LogP contribution in [0, 0.1) is 11.8 Å². The van der Waals surface area contributed by atoms with E-state index < -0.39 is 0 Å². The van der Waals surface area contributed by atoms with E-state index in [1.807, 2.05) is 0 Å². The molecule has 1 aliphatic carbocycles. The molecule has 118 valence electrons. The average Bonchev–Trinajstić information content (AvgIpc) is 2.48. The number of rotatable bonds is 5. The van der Waals surface area contributed by atoms with Gasteiger partial charge in [-0.1, -0.05) is 20.8 Å². The summed E-state index contributed by atoms with van der Waals surface area (Å²) in [7, 11) is 0. The molecule has 0 amide bonds. The summed E-state index contributed by atoms with van der Waals surface area (Å²) in [6.07, 6.45) is 7.91. The molecule has 2 aliphatic rings. The van der Waals surface area contributed by atoms with Crippen molar-refractivity contribution in [1.29, 1.82) is 0 Å². The van der Waals surface area contributed by atoms with Gasteiger partial charge in [-0.05, 0) is 56.9 Å². The van der Waals surface area contributed by atoms with Gasteiger partial charge >= 0.3 is 0 Å². The van der Waals surface area contributed by atoms with Crippen LogP contribution in [0.25, 0.3) is 0 Å². The third-order valence-electron chi connectivity index (χ3n) is 5.72. The molecule has 0 radical (unpaired) electrons. The fourth-order valence-corrected chi connectivity index (χ4v) is 4.07. The van der Waals surface area contributed by atoms with Crippen LogP contribution < -0.4 is 5.73 Å². The molecule has 4 atom stereocenters. The molecule has 0 bridgehead atoms. The van der Waals surface area contributed by atoms with Crippen molar-refractivity contribution >= 4 is 0 Å². The molecule has 0 aromatic carbocycles. The van der Waals surface area contributed by atoms with Crippen molar-refractivity contribution in [3.8, 4) is 0 Å². The van der Waals surface area contributed by atoms with Gasteiger partial charge in [0.05, 0.1) is 6.10 Å². The van der Waals surface area contributed by atoms with Crippen LogP contribution in [0.1, 0.15) is 59.3 Å². The van der Waals surface area contributed by atoms with Gasteiger partial charge in [0.2, 0.25) is 0 Å². The molecule has 3 heteroatoms. The summed E-state index contributed by atoms with van der Waals surface area (Å²) in [6, 6.07) is 0. The van der Waals surface area contributed by atoms with Crippen LogP contribution >= 0.6 is 0 Å². The highest BCUT2D eigenvalue weighted by Crippen LogP contribution is 2.40. The maximum atomic E-state index is 6.24. The third kappa shape index (κ3) is 3.55. The van der Waals surface area contributed by atoms with E-state index in [-0.39, 0.29) is 5.54 Å². The summed E-state index contributed by atoms with van der Waals surface area (Å²) in [4.78, 5) is 2.68. The minimum absolute atomic E-state index is 0.250. The highest BCUT2D eigenvalue weighted by atomic mass is 16.5. The first-order chi connectivity index (χ1) is 9.61. The summed E-state index contributed by atoms with van der Waals surface area (Å²) in [5.41, 5.74) is 6.49. The van der Waals surface area contributed by atoms with E-state index in [4.69, 9.17) is 10.5 Å². The Labute approximate surface area is 125 Å². The zero-order valence-corrected chi connectivity index (χ0v) is 13.7. The van der Waals surface area contributed by atoms with Gasteiger partial charge in [0, 0.05) is 25.2 Å². The molecule has 1 saturated carbocycles. The number of ether oxygens (including phenoxy) is 1. The Morgan fingerprint density at radius 3 is 2.70 bits per heavy atom. The van der Waals surface area contributed by atoms with Gasteiger partial charge in [-0.25, -0.2) is 0 Å². The summed E-state index contributed by atoms with van der Waals surface area (Å²) in [5.74, 6) is 1.65. The van der Waals surface area contributed by atoms with Gasteiger partial charge in [-0.15, -0.1) is 0 Å². The lowest BCUT2D eigenvalue weighted by molar-refractivity contribution is -0.0571. The van der Waals surface area contributed by atoms with Gasteiger partial charge in [0.1, 0.15) is 0 Å². The molecule has 1 heterocycles. The number of hydrogen-bond acceptors (Lipinski definition) is 3. The molecule has 0 spiro atoms. The van der Waals surface area contributed by atoms with Crippen molar-refractivity contribution in [3.63, 3.8) is 0 Å². The molecule has 2 fully saturated rings. The lowest BCUT2D eigenvalue weighted by Gasteiger charge is -2.52. The lowest BCUT2D eigenvalue weighted by Crippen LogP contribution is -2.60. The van der Waals surface area contributed by atoms with Crippen molar-refractivity contribution in [3.05, 3.63) is 0 Å². The third-order valence-corrected chi connectivity index (χ3v) is 5.72. The minimum Gasteiger partial charge on any atom is -0.377 e. The molecular weight excluding hydrogens is 248 g/mol. The first kappa shape index (κ1) is 16.3. The average molecular weight is 282 g/mol. The highest BCUT2D eigenvalue weighted by Gasteiger charge is 2.42. The predicted molar refractivity (Wildman–Crippen MR) is 84.8 cm³/mol. The standard InChI is InChI=1S/C17H34N2O/c1-4-10-20-16-6-5-9-19(12-16)17(13-18)8-7-14(2)15(3)11-17/h14-16H,4-13,18H2,1-3H3. The van der Waals surface area contributed by atoms with E-state index in [1.165, 1.54) is 38.6 Å².